The quantitative estimate of drug-likeness (QED) is 0.553. The van der Waals surface area contributed by atoms with Gasteiger partial charge in [-0.3, -0.25) is 0 Å². The molecule has 198 valence electrons. The van der Waals surface area contributed by atoms with E-state index in [9.17, 15) is 9.90 Å². The zero-order valence-corrected chi connectivity index (χ0v) is 24.6. The maximum absolute atomic E-state index is 12.5. The molecule has 1 aliphatic rings. The minimum absolute atomic E-state index is 0.201. The van der Waals surface area contributed by atoms with Gasteiger partial charge in [0.05, 0.1) is 6.23 Å². The monoisotopic (exact) mass is 512 g/mol. The van der Waals surface area contributed by atoms with Crippen LogP contribution in [0.15, 0.2) is 36.4 Å². The molecule has 0 atom stereocenters. The van der Waals surface area contributed by atoms with Crippen molar-refractivity contribution in [1.82, 2.24) is 9.80 Å². The zero-order valence-electron chi connectivity index (χ0n) is 23.6. The summed E-state index contributed by atoms with van der Waals surface area (Å²) in [5, 5.41) is 12.2. The molecule has 0 bridgehead atoms. The Hall–Kier alpha value is -2.51. The molecule has 0 spiro atoms. The van der Waals surface area contributed by atoms with Crippen LogP contribution >= 0.6 is 0 Å². The average molecular weight is 513 g/mol. The SMILES string of the molecule is CN1CCN(C(=O)Oc2ccc([Si](C)(C)COc3cc(C(C)(C)C)c(O)c(C(C)(C)C)c3)cc2)CC1. The number of phenols is 1. The van der Waals surface area contributed by atoms with Crippen molar-refractivity contribution in [3.63, 3.8) is 0 Å². The lowest BCUT2D eigenvalue weighted by Gasteiger charge is -2.31. The lowest BCUT2D eigenvalue weighted by atomic mass is 9.79. The Balaban J connectivity index is 1.71. The number of carbonyl (C=O) groups is 1. The van der Waals surface area contributed by atoms with E-state index in [1.54, 1.807) is 4.90 Å². The highest BCUT2D eigenvalue weighted by molar-refractivity contribution is 6.89. The number of ether oxygens (including phenoxy) is 2. The second-order valence-electron chi connectivity index (χ2n) is 12.7. The predicted molar refractivity (Wildman–Crippen MR) is 150 cm³/mol. The number of hydrogen-bond donors (Lipinski definition) is 1. The van der Waals surface area contributed by atoms with Crippen molar-refractivity contribution in [2.24, 2.45) is 0 Å². The number of benzene rings is 2. The second-order valence-corrected chi connectivity index (χ2v) is 17.4. The van der Waals surface area contributed by atoms with Crippen LogP contribution < -0.4 is 14.7 Å². The number of amides is 1. The molecule has 1 amide bonds. The molecule has 2 aromatic rings. The van der Waals surface area contributed by atoms with Crippen molar-refractivity contribution >= 4 is 19.4 Å². The van der Waals surface area contributed by atoms with Crippen LogP contribution in [-0.4, -0.2) is 68.5 Å². The molecule has 7 heteroatoms. The summed E-state index contributed by atoms with van der Waals surface area (Å²) in [5.41, 5.74) is 1.40. The number of hydrogen-bond acceptors (Lipinski definition) is 5. The fraction of sp³-hybridized carbons (Fsp3) is 0.552. The van der Waals surface area contributed by atoms with Crippen molar-refractivity contribution in [3.8, 4) is 17.2 Å². The summed E-state index contributed by atoms with van der Waals surface area (Å²) in [7, 11) is 0.115. The number of carbonyl (C=O) groups excluding carboxylic acids is 1. The van der Waals surface area contributed by atoms with Gasteiger partial charge in [0, 0.05) is 37.3 Å². The van der Waals surface area contributed by atoms with Crippen LogP contribution in [0.5, 0.6) is 17.2 Å². The third kappa shape index (κ3) is 6.82. The van der Waals surface area contributed by atoms with E-state index in [1.807, 2.05) is 24.3 Å². The number of piperazine rings is 1. The lowest BCUT2D eigenvalue weighted by molar-refractivity contribution is 0.120. The van der Waals surface area contributed by atoms with Crippen molar-refractivity contribution in [3.05, 3.63) is 47.5 Å². The third-order valence-corrected chi connectivity index (χ3v) is 9.66. The molecule has 1 saturated heterocycles. The van der Waals surface area contributed by atoms with E-state index >= 15 is 0 Å². The van der Waals surface area contributed by atoms with Gasteiger partial charge >= 0.3 is 6.09 Å². The maximum Gasteiger partial charge on any atom is 0.415 e. The van der Waals surface area contributed by atoms with Crippen LogP contribution in [0.4, 0.5) is 4.79 Å². The van der Waals surface area contributed by atoms with Crippen LogP contribution in [0.2, 0.25) is 13.1 Å². The smallest absolute Gasteiger partial charge is 0.415 e. The average Bonchev–Trinajstić information content (AvgIpc) is 2.77. The normalized spacial score (nSPS) is 15.6. The first-order valence-corrected chi connectivity index (χ1v) is 16.1. The van der Waals surface area contributed by atoms with Crippen molar-refractivity contribution in [1.29, 1.82) is 0 Å². The van der Waals surface area contributed by atoms with Crippen molar-refractivity contribution < 1.29 is 19.4 Å². The van der Waals surface area contributed by atoms with Gasteiger partial charge in [0.1, 0.15) is 25.3 Å². The summed E-state index contributed by atoms with van der Waals surface area (Å²) in [6.45, 7) is 20.3. The van der Waals surface area contributed by atoms with Crippen LogP contribution in [0, 0.1) is 0 Å². The molecular weight excluding hydrogens is 468 g/mol. The molecule has 3 rings (SSSR count). The van der Waals surface area contributed by atoms with E-state index in [0.29, 0.717) is 30.8 Å². The minimum Gasteiger partial charge on any atom is -0.507 e. The van der Waals surface area contributed by atoms with Crippen molar-refractivity contribution in [2.45, 2.75) is 65.5 Å². The highest BCUT2D eigenvalue weighted by atomic mass is 28.3. The van der Waals surface area contributed by atoms with Gasteiger partial charge in [0.15, 0.2) is 0 Å². The predicted octanol–water partition coefficient (Wildman–Crippen LogP) is 5.27. The Bertz CT molecular complexity index is 1030. The van der Waals surface area contributed by atoms with E-state index in [0.717, 1.165) is 30.0 Å². The Kier molecular flexibility index (Phi) is 8.16. The molecule has 1 N–H and O–H groups in total. The molecule has 0 aliphatic carbocycles. The van der Waals surface area contributed by atoms with Gasteiger partial charge in [-0.15, -0.1) is 0 Å². The molecule has 0 unspecified atom stereocenters. The first-order chi connectivity index (χ1) is 16.6. The molecule has 1 heterocycles. The minimum atomic E-state index is -1.95. The number of aromatic hydroxyl groups is 1. The number of phenolic OH excluding ortho intramolecular Hbond substituents is 1. The summed E-state index contributed by atoms with van der Waals surface area (Å²) < 4.78 is 12.0. The molecule has 0 saturated carbocycles. The standard InChI is InChI=1S/C29H44N2O4Si/c1-28(2,3)24-18-22(19-25(26(24)32)29(4,5)6)34-20-36(8,9)23-12-10-21(11-13-23)35-27(33)31-16-14-30(7)15-17-31/h10-13,18-19,32H,14-17,20H2,1-9H3. The highest BCUT2D eigenvalue weighted by Gasteiger charge is 2.29. The Morgan fingerprint density at radius 3 is 1.86 bits per heavy atom. The Morgan fingerprint density at radius 2 is 1.39 bits per heavy atom. The van der Waals surface area contributed by atoms with Gasteiger partial charge in [0.25, 0.3) is 0 Å². The molecule has 6 nitrogen and oxygen atoms in total. The Morgan fingerprint density at radius 1 is 0.889 bits per heavy atom. The van der Waals surface area contributed by atoms with E-state index in [4.69, 9.17) is 9.47 Å². The van der Waals surface area contributed by atoms with Gasteiger partial charge in [-0.25, -0.2) is 4.79 Å². The van der Waals surface area contributed by atoms with Crippen LogP contribution in [0.1, 0.15) is 52.7 Å². The largest absolute Gasteiger partial charge is 0.507 e. The molecule has 2 aromatic carbocycles. The molecular formula is C29H44N2O4Si. The molecule has 0 aromatic heterocycles. The first-order valence-electron chi connectivity index (χ1n) is 12.8. The topological polar surface area (TPSA) is 62.2 Å². The van der Waals surface area contributed by atoms with Gasteiger partial charge in [-0.1, -0.05) is 72.0 Å². The van der Waals surface area contributed by atoms with E-state index < -0.39 is 8.07 Å². The fourth-order valence-corrected chi connectivity index (χ4v) is 6.07. The Labute approximate surface area is 218 Å². The molecule has 1 fully saturated rings. The van der Waals surface area contributed by atoms with Crippen LogP contribution in [0.25, 0.3) is 0 Å². The lowest BCUT2D eigenvalue weighted by Crippen LogP contribution is -2.48. The number of likely N-dealkylation sites (N-methyl/N-ethyl adjacent to an activating group) is 1. The van der Waals surface area contributed by atoms with Gasteiger partial charge < -0.3 is 24.4 Å². The third-order valence-electron chi connectivity index (χ3n) is 6.90. The summed E-state index contributed by atoms with van der Waals surface area (Å²) in [6.07, 6.45) is 0.318. The van der Waals surface area contributed by atoms with Crippen LogP contribution in [0.3, 0.4) is 0 Å². The summed E-state index contributed by atoms with van der Waals surface area (Å²) >= 11 is 0. The maximum atomic E-state index is 12.5. The summed E-state index contributed by atoms with van der Waals surface area (Å²) in [5.74, 6) is 1.72. The van der Waals surface area contributed by atoms with Gasteiger partial charge in [-0.05, 0) is 42.1 Å². The fourth-order valence-electron chi connectivity index (χ4n) is 4.31. The summed E-state index contributed by atoms with van der Waals surface area (Å²) in [6, 6.07) is 11.8. The number of nitrogens with zero attached hydrogens (tertiary/aromatic N) is 2. The zero-order chi connectivity index (χ0) is 26.9. The highest BCUT2D eigenvalue weighted by Crippen LogP contribution is 2.41. The first kappa shape index (κ1) is 28.1. The summed E-state index contributed by atoms with van der Waals surface area (Å²) in [4.78, 5) is 16.5. The van der Waals surface area contributed by atoms with E-state index in [1.165, 1.54) is 5.19 Å². The van der Waals surface area contributed by atoms with E-state index in [-0.39, 0.29) is 16.9 Å². The molecule has 0 radical (unpaired) electrons. The number of rotatable bonds is 5. The molecule has 1 aliphatic heterocycles. The van der Waals surface area contributed by atoms with Crippen LogP contribution in [-0.2, 0) is 10.8 Å². The second kappa shape index (κ2) is 10.5. The van der Waals surface area contributed by atoms with Gasteiger partial charge in [-0.2, -0.15) is 0 Å². The molecule has 36 heavy (non-hydrogen) atoms. The van der Waals surface area contributed by atoms with Gasteiger partial charge in [0.2, 0.25) is 0 Å². The van der Waals surface area contributed by atoms with E-state index in [2.05, 4.69) is 78.7 Å². The van der Waals surface area contributed by atoms with Crippen molar-refractivity contribution in [2.75, 3.05) is 39.5 Å².